The molecule has 0 saturated carbocycles. The van der Waals surface area contributed by atoms with E-state index in [1.54, 1.807) is 19.5 Å². The first kappa shape index (κ1) is 17.4. The van der Waals surface area contributed by atoms with Gasteiger partial charge < -0.3 is 14.0 Å². The molecule has 7 heteroatoms. The first-order valence-electron chi connectivity index (χ1n) is 8.53. The second-order valence-electron chi connectivity index (χ2n) is 5.88. The Morgan fingerprint density at radius 3 is 2.78 bits per heavy atom. The van der Waals surface area contributed by atoms with E-state index in [0.29, 0.717) is 11.4 Å². The highest BCUT2D eigenvalue weighted by Crippen LogP contribution is 2.37. The van der Waals surface area contributed by atoms with Gasteiger partial charge in [0.2, 0.25) is 0 Å². The summed E-state index contributed by atoms with van der Waals surface area (Å²) in [6.45, 7) is 2.13. The van der Waals surface area contributed by atoms with Crippen molar-refractivity contribution in [1.82, 2.24) is 15.1 Å². The first-order chi connectivity index (χ1) is 13.3. The van der Waals surface area contributed by atoms with Gasteiger partial charge in [-0.25, -0.2) is 9.97 Å². The fraction of sp³-hybridized carbons (Fsp3) is 0.150. The van der Waals surface area contributed by atoms with Crippen LogP contribution in [0.5, 0.6) is 5.75 Å². The molecule has 4 aromatic rings. The van der Waals surface area contributed by atoms with Crippen molar-refractivity contribution in [3.63, 3.8) is 0 Å². The summed E-state index contributed by atoms with van der Waals surface area (Å²) in [5, 5.41) is 5.10. The largest absolute Gasteiger partial charge is 0.496 e. The standard InChI is InChI=1S/C20H18N4O2S/c1-3-13-7-8-16(25-2)18(9-13)27-24-20-19-15(14-10-21-12-22-11-14)5-4-6-17(19)26-23-20/h4-12H,3H2,1-2H3,(H,23,24). The molecule has 0 atom stereocenters. The normalized spacial score (nSPS) is 10.9. The van der Waals surface area contributed by atoms with Gasteiger partial charge in [0.25, 0.3) is 0 Å². The van der Waals surface area contributed by atoms with E-state index in [2.05, 4.69) is 38.9 Å². The molecule has 0 saturated heterocycles. The topological polar surface area (TPSA) is 73.1 Å². The highest BCUT2D eigenvalue weighted by atomic mass is 32.2. The predicted octanol–water partition coefficient (Wildman–Crippen LogP) is 4.98. The maximum Gasteiger partial charge on any atom is 0.188 e. The number of methoxy groups -OCH3 is 1. The van der Waals surface area contributed by atoms with Gasteiger partial charge in [0, 0.05) is 18.0 Å². The van der Waals surface area contributed by atoms with Crippen molar-refractivity contribution in [3.05, 3.63) is 60.7 Å². The fourth-order valence-corrected chi connectivity index (χ4v) is 3.67. The number of hydrogen-bond acceptors (Lipinski definition) is 7. The second-order valence-corrected chi connectivity index (χ2v) is 6.73. The number of benzene rings is 2. The van der Waals surface area contributed by atoms with Crippen LogP contribution >= 0.6 is 11.9 Å². The van der Waals surface area contributed by atoms with E-state index in [0.717, 1.165) is 33.6 Å². The minimum absolute atomic E-state index is 0.651. The molecule has 0 spiro atoms. The summed E-state index contributed by atoms with van der Waals surface area (Å²) in [7, 11) is 1.67. The molecule has 27 heavy (non-hydrogen) atoms. The van der Waals surface area contributed by atoms with E-state index in [1.165, 1.54) is 23.8 Å². The summed E-state index contributed by atoms with van der Waals surface area (Å²) in [4.78, 5) is 9.22. The summed E-state index contributed by atoms with van der Waals surface area (Å²) in [5.41, 5.74) is 3.82. The van der Waals surface area contributed by atoms with Gasteiger partial charge in [0.15, 0.2) is 11.4 Å². The molecule has 4 rings (SSSR count). The van der Waals surface area contributed by atoms with Gasteiger partial charge in [-0.05, 0) is 47.7 Å². The summed E-state index contributed by atoms with van der Waals surface area (Å²) in [6.07, 6.45) is 6.03. The van der Waals surface area contributed by atoms with E-state index in [1.807, 2.05) is 24.3 Å². The Balaban J connectivity index is 1.70. The van der Waals surface area contributed by atoms with Crippen LogP contribution in [0.4, 0.5) is 5.82 Å². The van der Waals surface area contributed by atoms with Crippen molar-refractivity contribution < 1.29 is 9.26 Å². The number of rotatable bonds is 6. The Bertz CT molecular complexity index is 1070. The Kier molecular flexibility index (Phi) is 4.93. The molecule has 0 bridgehead atoms. The lowest BCUT2D eigenvalue weighted by Crippen LogP contribution is -1.93. The van der Waals surface area contributed by atoms with Gasteiger partial charge in [0.1, 0.15) is 12.1 Å². The van der Waals surface area contributed by atoms with E-state index >= 15 is 0 Å². The van der Waals surface area contributed by atoms with Gasteiger partial charge in [0.05, 0.1) is 17.4 Å². The monoisotopic (exact) mass is 378 g/mol. The third-order valence-corrected chi connectivity index (χ3v) is 5.10. The molecule has 6 nitrogen and oxygen atoms in total. The van der Waals surface area contributed by atoms with Crippen LogP contribution in [0.1, 0.15) is 12.5 Å². The van der Waals surface area contributed by atoms with Crippen molar-refractivity contribution in [2.45, 2.75) is 18.2 Å². The van der Waals surface area contributed by atoms with Crippen LogP contribution in [-0.4, -0.2) is 22.2 Å². The average molecular weight is 378 g/mol. The average Bonchev–Trinajstić information content (AvgIpc) is 3.16. The van der Waals surface area contributed by atoms with E-state index in [4.69, 9.17) is 9.26 Å². The smallest absolute Gasteiger partial charge is 0.188 e. The highest BCUT2D eigenvalue weighted by Gasteiger charge is 2.15. The lowest BCUT2D eigenvalue weighted by Gasteiger charge is -2.10. The lowest BCUT2D eigenvalue weighted by molar-refractivity contribution is 0.404. The van der Waals surface area contributed by atoms with Crippen molar-refractivity contribution >= 4 is 28.7 Å². The number of fused-ring (bicyclic) bond motifs is 1. The summed E-state index contributed by atoms with van der Waals surface area (Å²) in [6, 6.07) is 12.0. The molecule has 2 heterocycles. The second kappa shape index (κ2) is 7.67. The summed E-state index contributed by atoms with van der Waals surface area (Å²) >= 11 is 1.45. The van der Waals surface area contributed by atoms with Gasteiger partial charge in [-0.3, -0.25) is 0 Å². The molecule has 2 aromatic heterocycles. The van der Waals surface area contributed by atoms with Gasteiger partial charge >= 0.3 is 0 Å². The van der Waals surface area contributed by atoms with Crippen molar-refractivity contribution in [2.24, 2.45) is 0 Å². The number of aryl methyl sites for hydroxylation is 1. The molecule has 0 aliphatic rings. The van der Waals surface area contributed by atoms with E-state index in [-0.39, 0.29) is 0 Å². The number of hydrogen-bond donors (Lipinski definition) is 1. The molecule has 0 aliphatic carbocycles. The van der Waals surface area contributed by atoms with Crippen LogP contribution in [0.3, 0.4) is 0 Å². The fourth-order valence-electron chi connectivity index (χ4n) is 2.86. The van der Waals surface area contributed by atoms with Crippen molar-refractivity contribution in [3.8, 4) is 16.9 Å². The predicted molar refractivity (Wildman–Crippen MR) is 107 cm³/mol. The molecule has 0 amide bonds. The SMILES string of the molecule is CCc1ccc(OC)c(SNc2noc3cccc(-c4cncnc4)c23)c1. The van der Waals surface area contributed by atoms with Gasteiger partial charge in [-0.1, -0.05) is 30.3 Å². The Morgan fingerprint density at radius 2 is 2.00 bits per heavy atom. The molecule has 2 aromatic carbocycles. The first-order valence-corrected chi connectivity index (χ1v) is 9.35. The molecular formula is C20H18N4O2S. The van der Waals surface area contributed by atoms with Crippen molar-refractivity contribution in [1.29, 1.82) is 0 Å². The van der Waals surface area contributed by atoms with Gasteiger partial charge in [-0.15, -0.1) is 0 Å². The maximum atomic E-state index is 5.50. The number of anilines is 1. The van der Waals surface area contributed by atoms with E-state index in [9.17, 15) is 0 Å². The molecular weight excluding hydrogens is 360 g/mol. The Labute approximate surface area is 161 Å². The van der Waals surface area contributed by atoms with Crippen molar-refractivity contribution in [2.75, 3.05) is 11.8 Å². The summed E-state index contributed by atoms with van der Waals surface area (Å²) < 4.78 is 14.3. The van der Waals surface area contributed by atoms with Crippen LogP contribution < -0.4 is 9.46 Å². The maximum absolute atomic E-state index is 5.50. The lowest BCUT2D eigenvalue weighted by atomic mass is 10.0. The zero-order valence-corrected chi connectivity index (χ0v) is 15.8. The van der Waals surface area contributed by atoms with Crippen LogP contribution in [-0.2, 0) is 6.42 Å². The van der Waals surface area contributed by atoms with Crippen LogP contribution in [0.2, 0.25) is 0 Å². The molecule has 136 valence electrons. The minimum atomic E-state index is 0.651. The van der Waals surface area contributed by atoms with Crippen LogP contribution in [0.15, 0.2) is 64.5 Å². The molecule has 1 N–H and O–H groups in total. The third kappa shape index (κ3) is 3.46. The van der Waals surface area contributed by atoms with Gasteiger partial charge in [-0.2, -0.15) is 0 Å². The zero-order valence-electron chi connectivity index (χ0n) is 15.0. The Morgan fingerprint density at radius 1 is 1.15 bits per heavy atom. The van der Waals surface area contributed by atoms with Crippen LogP contribution in [0.25, 0.3) is 22.1 Å². The molecule has 0 aliphatic heterocycles. The molecule has 0 radical (unpaired) electrons. The third-order valence-electron chi connectivity index (χ3n) is 4.26. The van der Waals surface area contributed by atoms with E-state index < -0.39 is 0 Å². The summed E-state index contributed by atoms with van der Waals surface area (Å²) in [5.74, 6) is 1.47. The highest BCUT2D eigenvalue weighted by molar-refractivity contribution is 8.00. The minimum Gasteiger partial charge on any atom is -0.496 e. The number of nitrogens with one attached hydrogen (secondary N) is 1. The zero-order chi connectivity index (χ0) is 18.6. The number of aromatic nitrogens is 3. The number of nitrogens with zero attached hydrogens (tertiary/aromatic N) is 3. The molecule has 0 unspecified atom stereocenters. The number of ether oxygens (including phenoxy) is 1. The Hall–Kier alpha value is -3.06. The van der Waals surface area contributed by atoms with Crippen LogP contribution in [0, 0.1) is 0 Å². The molecule has 0 fully saturated rings. The quantitative estimate of drug-likeness (QED) is 0.475.